The zero-order valence-electron chi connectivity index (χ0n) is 10.8. The van der Waals surface area contributed by atoms with Crippen LogP contribution in [0.5, 0.6) is 0 Å². The smallest absolute Gasteiger partial charge is 0.274 e. The van der Waals surface area contributed by atoms with E-state index in [1.165, 1.54) is 0 Å². The molecule has 4 N–H and O–H groups in total. The number of pyridine rings is 1. The topological polar surface area (TPSA) is 96.7 Å². The van der Waals surface area contributed by atoms with Gasteiger partial charge in [-0.3, -0.25) is 14.9 Å². The van der Waals surface area contributed by atoms with Gasteiger partial charge in [0, 0.05) is 18.9 Å². The van der Waals surface area contributed by atoms with Gasteiger partial charge in [-0.2, -0.15) is 5.10 Å². The standard InChI is InChI=1S/C13H17N5O/c1-2-4-10-11(14)12(18-17-10)13(19)16-8-9-5-3-6-15-7-9/h3,5-7H,2,4,8,14H2,1H3,(H,16,19)(H,17,18). The first-order valence-electron chi connectivity index (χ1n) is 6.22. The summed E-state index contributed by atoms with van der Waals surface area (Å²) in [5, 5.41) is 9.54. The molecular formula is C13H17N5O. The maximum atomic E-state index is 12.0. The molecule has 2 rings (SSSR count). The predicted molar refractivity (Wildman–Crippen MR) is 72.4 cm³/mol. The minimum atomic E-state index is -0.278. The summed E-state index contributed by atoms with van der Waals surface area (Å²) in [6.07, 6.45) is 5.13. The van der Waals surface area contributed by atoms with E-state index >= 15 is 0 Å². The summed E-state index contributed by atoms with van der Waals surface area (Å²) in [5.74, 6) is -0.278. The fourth-order valence-corrected chi connectivity index (χ4v) is 1.77. The van der Waals surface area contributed by atoms with Gasteiger partial charge in [0.25, 0.3) is 5.91 Å². The molecular weight excluding hydrogens is 242 g/mol. The van der Waals surface area contributed by atoms with Crippen molar-refractivity contribution in [3.05, 3.63) is 41.5 Å². The maximum absolute atomic E-state index is 12.0. The van der Waals surface area contributed by atoms with Crippen molar-refractivity contribution in [2.75, 3.05) is 5.73 Å². The lowest BCUT2D eigenvalue weighted by Crippen LogP contribution is -2.24. The molecule has 0 aliphatic carbocycles. The molecule has 2 aromatic rings. The first-order valence-corrected chi connectivity index (χ1v) is 6.22. The molecule has 0 aromatic carbocycles. The van der Waals surface area contributed by atoms with Crippen LogP contribution >= 0.6 is 0 Å². The van der Waals surface area contributed by atoms with E-state index in [1.54, 1.807) is 12.4 Å². The van der Waals surface area contributed by atoms with Gasteiger partial charge >= 0.3 is 0 Å². The van der Waals surface area contributed by atoms with Crippen LogP contribution < -0.4 is 11.1 Å². The van der Waals surface area contributed by atoms with Crippen LogP contribution in [0.3, 0.4) is 0 Å². The minimum Gasteiger partial charge on any atom is -0.395 e. The number of amides is 1. The van der Waals surface area contributed by atoms with E-state index < -0.39 is 0 Å². The predicted octanol–water partition coefficient (Wildman–Crippen LogP) is 1.27. The summed E-state index contributed by atoms with van der Waals surface area (Å²) in [5.41, 5.74) is 8.33. The SMILES string of the molecule is CCCc1[nH]nc(C(=O)NCc2cccnc2)c1N. The van der Waals surface area contributed by atoms with Crippen molar-refractivity contribution in [2.24, 2.45) is 0 Å². The maximum Gasteiger partial charge on any atom is 0.274 e. The highest BCUT2D eigenvalue weighted by molar-refractivity contribution is 5.97. The number of nitrogens with one attached hydrogen (secondary N) is 2. The molecule has 0 spiro atoms. The Labute approximate surface area is 111 Å². The molecule has 100 valence electrons. The number of nitrogen functional groups attached to an aromatic ring is 1. The molecule has 0 aliphatic heterocycles. The van der Waals surface area contributed by atoms with Crippen molar-refractivity contribution < 1.29 is 4.79 Å². The van der Waals surface area contributed by atoms with Gasteiger partial charge < -0.3 is 11.1 Å². The van der Waals surface area contributed by atoms with Gasteiger partial charge in [-0.05, 0) is 18.1 Å². The molecule has 0 aliphatic rings. The Morgan fingerprint density at radius 1 is 1.53 bits per heavy atom. The Morgan fingerprint density at radius 2 is 2.37 bits per heavy atom. The van der Waals surface area contributed by atoms with Gasteiger partial charge in [-0.15, -0.1) is 0 Å². The zero-order valence-corrected chi connectivity index (χ0v) is 10.8. The second-order valence-corrected chi connectivity index (χ2v) is 4.26. The van der Waals surface area contributed by atoms with E-state index in [4.69, 9.17) is 5.73 Å². The van der Waals surface area contributed by atoms with Crippen molar-refractivity contribution in [3.63, 3.8) is 0 Å². The van der Waals surface area contributed by atoms with E-state index in [-0.39, 0.29) is 11.6 Å². The number of hydrogen-bond donors (Lipinski definition) is 3. The van der Waals surface area contributed by atoms with E-state index in [9.17, 15) is 4.79 Å². The van der Waals surface area contributed by atoms with Gasteiger partial charge in [0.15, 0.2) is 5.69 Å². The zero-order chi connectivity index (χ0) is 13.7. The van der Waals surface area contributed by atoms with Crippen LogP contribution in [0.4, 0.5) is 5.69 Å². The van der Waals surface area contributed by atoms with Crippen molar-refractivity contribution in [3.8, 4) is 0 Å². The Kier molecular flexibility index (Phi) is 4.12. The number of nitrogens with two attached hydrogens (primary N) is 1. The Balaban J connectivity index is 2.00. The molecule has 0 saturated carbocycles. The number of H-pyrrole nitrogens is 1. The minimum absolute atomic E-state index is 0.257. The number of carbonyl (C=O) groups is 1. The quantitative estimate of drug-likeness (QED) is 0.753. The van der Waals surface area contributed by atoms with Crippen molar-refractivity contribution in [2.45, 2.75) is 26.3 Å². The van der Waals surface area contributed by atoms with Gasteiger partial charge in [-0.25, -0.2) is 0 Å². The first-order chi connectivity index (χ1) is 9.22. The summed E-state index contributed by atoms with van der Waals surface area (Å²) in [7, 11) is 0. The summed E-state index contributed by atoms with van der Waals surface area (Å²) in [6, 6.07) is 3.72. The largest absolute Gasteiger partial charge is 0.395 e. The fourth-order valence-electron chi connectivity index (χ4n) is 1.77. The number of aromatic amines is 1. The summed E-state index contributed by atoms with van der Waals surface area (Å²) in [4.78, 5) is 15.9. The first kappa shape index (κ1) is 13.1. The van der Waals surface area contributed by atoms with Gasteiger partial charge in [-0.1, -0.05) is 19.4 Å². The van der Waals surface area contributed by atoms with Gasteiger partial charge in [0.05, 0.1) is 11.4 Å². The number of aromatic nitrogens is 3. The molecule has 19 heavy (non-hydrogen) atoms. The molecule has 1 amide bonds. The third-order valence-electron chi connectivity index (χ3n) is 2.77. The van der Waals surface area contributed by atoms with Crippen LogP contribution in [0.15, 0.2) is 24.5 Å². The third-order valence-corrected chi connectivity index (χ3v) is 2.77. The number of nitrogens with zero attached hydrogens (tertiary/aromatic N) is 2. The second kappa shape index (κ2) is 5.99. The molecule has 0 bridgehead atoms. The fraction of sp³-hybridized carbons (Fsp3) is 0.308. The van der Waals surface area contributed by atoms with Crippen LogP contribution in [-0.4, -0.2) is 21.1 Å². The molecule has 0 fully saturated rings. The molecule has 0 saturated heterocycles. The highest BCUT2D eigenvalue weighted by Crippen LogP contribution is 2.15. The summed E-state index contributed by atoms with van der Waals surface area (Å²) < 4.78 is 0. The van der Waals surface area contributed by atoms with E-state index in [0.717, 1.165) is 24.1 Å². The highest BCUT2D eigenvalue weighted by Gasteiger charge is 2.16. The lowest BCUT2D eigenvalue weighted by Gasteiger charge is -2.03. The van der Waals surface area contributed by atoms with Crippen molar-refractivity contribution >= 4 is 11.6 Å². The normalized spacial score (nSPS) is 10.4. The van der Waals surface area contributed by atoms with Crippen LogP contribution in [-0.2, 0) is 13.0 Å². The molecule has 2 heterocycles. The van der Waals surface area contributed by atoms with E-state index in [2.05, 4.69) is 20.5 Å². The molecule has 0 radical (unpaired) electrons. The summed E-state index contributed by atoms with van der Waals surface area (Å²) in [6.45, 7) is 2.45. The third kappa shape index (κ3) is 3.09. The molecule has 6 heteroatoms. The molecule has 0 unspecified atom stereocenters. The average molecular weight is 259 g/mol. The van der Waals surface area contributed by atoms with Crippen molar-refractivity contribution in [1.29, 1.82) is 0 Å². The Bertz CT molecular complexity index is 549. The van der Waals surface area contributed by atoms with E-state index in [0.29, 0.717) is 12.2 Å². The van der Waals surface area contributed by atoms with Crippen LogP contribution in [0.2, 0.25) is 0 Å². The number of carbonyl (C=O) groups excluding carboxylic acids is 1. The van der Waals surface area contributed by atoms with Crippen LogP contribution in [0.25, 0.3) is 0 Å². The average Bonchev–Trinajstić information content (AvgIpc) is 2.79. The number of rotatable bonds is 5. The monoisotopic (exact) mass is 259 g/mol. The summed E-state index contributed by atoms with van der Waals surface area (Å²) >= 11 is 0. The highest BCUT2D eigenvalue weighted by atomic mass is 16.1. The number of hydrogen-bond acceptors (Lipinski definition) is 4. The van der Waals surface area contributed by atoms with Crippen molar-refractivity contribution in [1.82, 2.24) is 20.5 Å². The lowest BCUT2D eigenvalue weighted by molar-refractivity contribution is 0.0946. The Morgan fingerprint density at radius 3 is 3.05 bits per heavy atom. The molecule has 0 atom stereocenters. The van der Waals surface area contributed by atoms with Crippen LogP contribution in [0, 0.1) is 0 Å². The Hall–Kier alpha value is -2.37. The van der Waals surface area contributed by atoms with E-state index in [1.807, 2.05) is 19.1 Å². The number of aryl methyl sites for hydroxylation is 1. The van der Waals surface area contributed by atoms with Gasteiger partial charge in [0.2, 0.25) is 0 Å². The molecule has 2 aromatic heterocycles. The van der Waals surface area contributed by atoms with Gasteiger partial charge in [0.1, 0.15) is 0 Å². The number of anilines is 1. The second-order valence-electron chi connectivity index (χ2n) is 4.26. The lowest BCUT2D eigenvalue weighted by atomic mass is 10.2. The van der Waals surface area contributed by atoms with Crippen LogP contribution in [0.1, 0.15) is 35.1 Å². The molecule has 6 nitrogen and oxygen atoms in total.